The van der Waals surface area contributed by atoms with Gasteiger partial charge in [0.2, 0.25) is 23.6 Å². The molecule has 4 rings (SSSR count). The fourth-order valence-corrected chi connectivity index (χ4v) is 6.67. The van der Waals surface area contributed by atoms with Crippen molar-refractivity contribution in [2.24, 2.45) is 17.6 Å². The predicted octanol–water partition coefficient (Wildman–Crippen LogP) is 2.67. The van der Waals surface area contributed by atoms with Gasteiger partial charge in [-0.3, -0.25) is 28.9 Å². The highest BCUT2D eigenvalue weighted by Gasteiger charge is 2.53. The Morgan fingerprint density at radius 2 is 1.40 bits per heavy atom. The summed E-state index contributed by atoms with van der Waals surface area (Å²) in [5.41, 5.74) is 6.75. The number of benzene rings is 2. The Hall–Kier alpha value is -4.13. The zero-order valence-electron chi connectivity index (χ0n) is 31.3. The summed E-state index contributed by atoms with van der Waals surface area (Å²) >= 11 is 0. The number of amides is 4. The second-order valence-corrected chi connectivity index (χ2v) is 15.1. The van der Waals surface area contributed by atoms with Crippen molar-refractivity contribution >= 4 is 29.4 Å². The standard InChI is InChI=1S/C40H57N5O7/c1-27(2)22-32(43-38(49)31(17-16-29-12-8-6-9-13-29)42-35(46)25-44-18-20-51-21-19-44)39(50)45(33(23-28(3)4)36(47)40(5)26-52-40)34(37(41)48)24-30-14-10-7-11-15-30/h6-15,27-28,31-34H,16-26H2,1-5H3,(H2,41,48)(H,42,46)(H,43,49)/t31-,32-,33-,34-,40+/m0/s1. The number of hydrogen-bond acceptors (Lipinski definition) is 8. The van der Waals surface area contributed by atoms with Crippen LogP contribution in [0.2, 0.25) is 0 Å². The first-order chi connectivity index (χ1) is 24.8. The summed E-state index contributed by atoms with van der Waals surface area (Å²) in [6.45, 7) is 12.0. The lowest BCUT2D eigenvalue weighted by molar-refractivity contribution is -0.151. The Bertz CT molecular complexity index is 1490. The fourth-order valence-electron chi connectivity index (χ4n) is 6.67. The Morgan fingerprint density at radius 1 is 0.827 bits per heavy atom. The van der Waals surface area contributed by atoms with Crippen LogP contribution in [-0.2, 0) is 46.3 Å². The van der Waals surface area contributed by atoms with E-state index in [0.717, 1.165) is 11.1 Å². The maximum atomic E-state index is 15.0. The highest BCUT2D eigenvalue weighted by molar-refractivity contribution is 6.00. The summed E-state index contributed by atoms with van der Waals surface area (Å²) in [4.78, 5) is 73.4. The quantitative estimate of drug-likeness (QED) is 0.176. The first-order valence-electron chi connectivity index (χ1n) is 18.5. The molecule has 2 fully saturated rings. The summed E-state index contributed by atoms with van der Waals surface area (Å²) in [7, 11) is 0. The van der Waals surface area contributed by atoms with Crippen molar-refractivity contribution in [3.05, 3.63) is 71.8 Å². The number of primary amides is 1. The van der Waals surface area contributed by atoms with E-state index in [1.807, 2.05) is 93.3 Å². The van der Waals surface area contributed by atoms with Crippen LogP contribution in [0.15, 0.2) is 60.7 Å². The van der Waals surface area contributed by atoms with Gasteiger partial charge in [0.1, 0.15) is 23.7 Å². The number of nitrogens with one attached hydrogen (secondary N) is 2. The Morgan fingerprint density at radius 3 is 1.94 bits per heavy atom. The Kier molecular flexibility index (Phi) is 14.9. The van der Waals surface area contributed by atoms with Gasteiger partial charge in [-0.2, -0.15) is 0 Å². The van der Waals surface area contributed by atoms with Crippen LogP contribution in [-0.4, -0.2) is 108 Å². The highest BCUT2D eigenvalue weighted by Crippen LogP contribution is 2.33. The number of ether oxygens (including phenoxy) is 2. The molecule has 0 bridgehead atoms. The first kappa shape index (κ1) is 40.6. The molecule has 12 nitrogen and oxygen atoms in total. The average molecular weight is 720 g/mol. The maximum Gasteiger partial charge on any atom is 0.246 e. The van der Waals surface area contributed by atoms with Gasteiger partial charge < -0.3 is 30.7 Å². The molecule has 4 amide bonds. The number of hydrogen-bond donors (Lipinski definition) is 3. The third-order valence-corrected chi connectivity index (χ3v) is 9.63. The lowest BCUT2D eigenvalue weighted by Crippen LogP contribution is -2.63. The number of nitrogens with two attached hydrogens (primary N) is 1. The zero-order chi connectivity index (χ0) is 37.8. The average Bonchev–Trinajstić information content (AvgIpc) is 3.87. The van der Waals surface area contributed by atoms with Gasteiger partial charge in [0.05, 0.1) is 32.4 Å². The summed E-state index contributed by atoms with van der Waals surface area (Å²) in [6, 6.07) is 14.6. The molecular weight excluding hydrogens is 662 g/mol. The molecule has 0 spiro atoms. The lowest BCUT2D eigenvalue weighted by Gasteiger charge is -2.40. The number of rotatable bonds is 20. The summed E-state index contributed by atoms with van der Waals surface area (Å²) in [6.07, 6.45) is 1.37. The second kappa shape index (κ2) is 19.1. The number of carbonyl (C=O) groups is 5. The second-order valence-electron chi connectivity index (χ2n) is 15.1. The molecule has 0 radical (unpaired) electrons. The number of ketones is 1. The maximum absolute atomic E-state index is 15.0. The van der Waals surface area contributed by atoms with Gasteiger partial charge in [0.25, 0.3) is 0 Å². The minimum Gasteiger partial charge on any atom is -0.379 e. The van der Waals surface area contributed by atoms with E-state index in [2.05, 4.69) is 10.6 Å². The van der Waals surface area contributed by atoms with E-state index in [4.69, 9.17) is 15.2 Å². The van der Waals surface area contributed by atoms with Crippen molar-refractivity contribution in [2.75, 3.05) is 39.5 Å². The van der Waals surface area contributed by atoms with Crippen LogP contribution in [0.3, 0.4) is 0 Å². The highest BCUT2D eigenvalue weighted by atomic mass is 16.6. The molecule has 5 atom stereocenters. The van der Waals surface area contributed by atoms with Gasteiger partial charge in [0, 0.05) is 19.5 Å². The van der Waals surface area contributed by atoms with E-state index in [-0.39, 0.29) is 55.9 Å². The minimum absolute atomic E-state index is 0.0287. The third kappa shape index (κ3) is 12.0. The summed E-state index contributed by atoms with van der Waals surface area (Å²) in [5.74, 6) is -2.55. The molecule has 2 heterocycles. The molecule has 284 valence electrons. The van der Waals surface area contributed by atoms with Crippen LogP contribution in [0.5, 0.6) is 0 Å². The van der Waals surface area contributed by atoms with E-state index in [1.54, 1.807) is 6.92 Å². The van der Waals surface area contributed by atoms with Crippen molar-refractivity contribution in [1.82, 2.24) is 20.4 Å². The number of morpholine rings is 1. The van der Waals surface area contributed by atoms with Gasteiger partial charge in [-0.1, -0.05) is 88.4 Å². The number of carbonyl (C=O) groups excluding carboxylic acids is 5. The van der Waals surface area contributed by atoms with Crippen LogP contribution < -0.4 is 16.4 Å². The normalized spacial score (nSPS) is 19.7. The molecule has 2 saturated heterocycles. The van der Waals surface area contributed by atoms with E-state index in [0.29, 0.717) is 39.1 Å². The van der Waals surface area contributed by atoms with Crippen LogP contribution in [0, 0.1) is 11.8 Å². The number of nitrogens with zero attached hydrogens (tertiary/aromatic N) is 2. The lowest BCUT2D eigenvalue weighted by atomic mass is 9.88. The summed E-state index contributed by atoms with van der Waals surface area (Å²) < 4.78 is 11.0. The number of epoxide rings is 1. The SMILES string of the molecule is CC(C)C[C@H](NC(=O)[C@H](CCc1ccccc1)NC(=O)CN1CCOCC1)C(=O)N([C@@H](Cc1ccccc1)C(N)=O)[C@@H](CC(C)C)C(=O)[C@@]1(C)CO1. The molecule has 52 heavy (non-hydrogen) atoms. The van der Waals surface area contributed by atoms with Gasteiger partial charge in [-0.25, -0.2) is 0 Å². The summed E-state index contributed by atoms with van der Waals surface area (Å²) in [5, 5.41) is 5.89. The molecular formula is C40H57N5O7. The van der Waals surface area contributed by atoms with Crippen LogP contribution in [0.4, 0.5) is 0 Å². The van der Waals surface area contributed by atoms with Crippen LogP contribution in [0.1, 0.15) is 65.0 Å². The van der Waals surface area contributed by atoms with Crippen molar-refractivity contribution in [3.63, 3.8) is 0 Å². The number of aryl methyl sites for hydroxylation is 1. The molecule has 0 aromatic heterocycles. The molecule has 0 saturated carbocycles. The predicted molar refractivity (Wildman–Crippen MR) is 198 cm³/mol. The molecule has 2 aromatic carbocycles. The monoisotopic (exact) mass is 719 g/mol. The molecule has 4 N–H and O–H groups in total. The van der Waals surface area contributed by atoms with E-state index in [9.17, 15) is 19.2 Å². The van der Waals surface area contributed by atoms with Crippen molar-refractivity contribution < 1.29 is 33.4 Å². The Labute approximate surface area is 308 Å². The van der Waals surface area contributed by atoms with Crippen molar-refractivity contribution in [1.29, 1.82) is 0 Å². The minimum atomic E-state index is -1.18. The first-order valence-corrected chi connectivity index (χ1v) is 18.5. The van der Waals surface area contributed by atoms with Crippen molar-refractivity contribution in [2.45, 2.75) is 96.5 Å². The fraction of sp³-hybridized carbons (Fsp3) is 0.575. The molecule has 2 aliphatic rings. The Balaban J connectivity index is 1.68. The van der Waals surface area contributed by atoms with Crippen LogP contribution in [0.25, 0.3) is 0 Å². The van der Waals surface area contributed by atoms with E-state index >= 15 is 4.79 Å². The van der Waals surface area contributed by atoms with Gasteiger partial charge in [0.15, 0.2) is 5.78 Å². The molecule has 2 aliphatic heterocycles. The molecule has 2 aromatic rings. The number of Topliss-reactive ketones (excluding diaryl/α,β-unsaturated/α-hetero) is 1. The zero-order valence-corrected chi connectivity index (χ0v) is 31.3. The van der Waals surface area contributed by atoms with Crippen LogP contribution >= 0.6 is 0 Å². The molecule has 0 aliphatic carbocycles. The van der Waals surface area contributed by atoms with Gasteiger partial charge >= 0.3 is 0 Å². The van der Waals surface area contributed by atoms with Gasteiger partial charge in [-0.05, 0) is 55.6 Å². The molecule has 0 unspecified atom stereocenters. The topological polar surface area (TPSA) is 164 Å². The van der Waals surface area contributed by atoms with E-state index < -0.39 is 47.5 Å². The third-order valence-electron chi connectivity index (χ3n) is 9.63. The van der Waals surface area contributed by atoms with Crippen molar-refractivity contribution in [3.8, 4) is 0 Å². The largest absolute Gasteiger partial charge is 0.379 e. The van der Waals surface area contributed by atoms with Gasteiger partial charge in [-0.15, -0.1) is 0 Å². The smallest absolute Gasteiger partial charge is 0.246 e. The van der Waals surface area contributed by atoms with E-state index in [1.165, 1.54) is 4.90 Å². The molecule has 12 heteroatoms.